The van der Waals surface area contributed by atoms with Gasteiger partial charge >= 0.3 is 0 Å². The second-order valence-corrected chi connectivity index (χ2v) is 5.72. The molecule has 1 aliphatic heterocycles. The molecule has 6 nitrogen and oxygen atoms in total. The highest BCUT2D eigenvalue weighted by molar-refractivity contribution is 5.38. The lowest BCUT2D eigenvalue weighted by Gasteiger charge is -2.33. The minimum Gasteiger partial charge on any atom is -0.477 e. The SMILES string of the molecule is Cc1nccc(N2CCCC(COc3cc(C#N)ccn3)C2)n1. The third kappa shape index (κ3) is 3.95. The van der Waals surface area contributed by atoms with Crippen molar-refractivity contribution in [3.63, 3.8) is 0 Å². The van der Waals surface area contributed by atoms with Crippen LogP contribution in [0.1, 0.15) is 24.2 Å². The van der Waals surface area contributed by atoms with Gasteiger partial charge in [-0.1, -0.05) is 0 Å². The molecular weight excluding hydrogens is 290 g/mol. The van der Waals surface area contributed by atoms with E-state index in [9.17, 15) is 0 Å². The van der Waals surface area contributed by atoms with E-state index in [0.717, 1.165) is 37.6 Å². The summed E-state index contributed by atoms with van der Waals surface area (Å²) < 4.78 is 5.77. The van der Waals surface area contributed by atoms with Gasteiger partial charge in [0.1, 0.15) is 11.6 Å². The number of hydrogen-bond donors (Lipinski definition) is 0. The second kappa shape index (κ2) is 7.05. The number of pyridine rings is 1. The molecule has 0 radical (unpaired) electrons. The van der Waals surface area contributed by atoms with Crippen LogP contribution in [0.3, 0.4) is 0 Å². The van der Waals surface area contributed by atoms with Crippen molar-refractivity contribution in [3.05, 3.63) is 42.0 Å². The summed E-state index contributed by atoms with van der Waals surface area (Å²) in [6, 6.07) is 7.40. The normalized spacial score (nSPS) is 17.6. The first kappa shape index (κ1) is 15.2. The molecule has 0 N–H and O–H groups in total. The summed E-state index contributed by atoms with van der Waals surface area (Å²) in [7, 11) is 0. The quantitative estimate of drug-likeness (QED) is 0.863. The van der Waals surface area contributed by atoms with Gasteiger partial charge in [-0.2, -0.15) is 5.26 Å². The van der Waals surface area contributed by atoms with Crippen LogP contribution < -0.4 is 9.64 Å². The van der Waals surface area contributed by atoms with Gasteiger partial charge in [-0.25, -0.2) is 15.0 Å². The van der Waals surface area contributed by atoms with Crippen LogP contribution in [0.25, 0.3) is 0 Å². The Morgan fingerprint density at radius 2 is 2.22 bits per heavy atom. The highest BCUT2D eigenvalue weighted by Crippen LogP contribution is 2.22. The van der Waals surface area contributed by atoms with Crippen LogP contribution in [0.5, 0.6) is 5.88 Å². The van der Waals surface area contributed by atoms with Gasteiger partial charge in [0.25, 0.3) is 0 Å². The standard InChI is InChI=1S/C17H19N5O/c1-13-19-7-5-16(21-13)22-8-2-3-15(11-22)12-23-17-9-14(10-18)4-6-20-17/h4-7,9,15H,2-3,8,11-12H2,1H3. The number of rotatable bonds is 4. The summed E-state index contributed by atoms with van der Waals surface area (Å²) in [5, 5.41) is 8.91. The molecule has 0 aromatic carbocycles. The molecule has 1 unspecified atom stereocenters. The molecule has 2 aromatic heterocycles. The van der Waals surface area contributed by atoms with Gasteiger partial charge in [-0.3, -0.25) is 0 Å². The van der Waals surface area contributed by atoms with Crippen molar-refractivity contribution in [2.45, 2.75) is 19.8 Å². The van der Waals surface area contributed by atoms with Crippen molar-refractivity contribution in [1.29, 1.82) is 5.26 Å². The van der Waals surface area contributed by atoms with Gasteiger partial charge in [-0.05, 0) is 31.9 Å². The largest absolute Gasteiger partial charge is 0.477 e. The summed E-state index contributed by atoms with van der Waals surface area (Å²) >= 11 is 0. The first-order chi connectivity index (χ1) is 11.2. The van der Waals surface area contributed by atoms with Gasteiger partial charge < -0.3 is 9.64 Å². The third-order valence-corrected chi connectivity index (χ3v) is 3.94. The van der Waals surface area contributed by atoms with Crippen molar-refractivity contribution < 1.29 is 4.74 Å². The number of anilines is 1. The molecule has 1 atom stereocenters. The molecule has 6 heteroatoms. The first-order valence-electron chi connectivity index (χ1n) is 7.78. The zero-order valence-corrected chi connectivity index (χ0v) is 13.1. The molecular formula is C17H19N5O. The Bertz CT molecular complexity index is 712. The van der Waals surface area contributed by atoms with Crippen molar-refractivity contribution in [1.82, 2.24) is 15.0 Å². The first-order valence-corrected chi connectivity index (χ1v) is 7.78. The molecule has 0 spiro atoms. The van der Waals surface area contributed by atoms with Gasteiger partial charge in [0.2, 0.25) is 5.88 Å². The Labute approximate surface area is 135 Å². The molecule has 118 valence electrons. The number of aromatic nitrogens is 3. The highest BCUT2D eigenvalue weighted by Gasteiger charge is 2.21. The van der Waals surface area contributed by atoms with Crippen molar-refractivity contribution in [2.24, 2.45) is 5.92 Å². The zero-order chi connectivity index (χ0) is 16.1. The Kier molecular flexibility index (Phi) is 4.67. The summed E-state index contributed by atoms with van der Waals surface area (Å²) in [6.45, 7) is 4.42. The predicted molar refractivity (Wildman–Crippen MR) is 86.2 cm³/mol. The van der Waals surface area contributed by atoms with Crippen LogP contribution in [0, 0.1) is 24.2 Å². The number of aryl methyl sites for hydroxylation is 1. The van der Waals surface area contributed by atoms with Crippen LogP contribution in [0.15, 0.2) is 30.6 Å². The van der Waals surface area contributed by atoms with E-state index in [1.807, 2.05) is 13.0 Å². The fraction of sp³-hybridized carbons (Fsp3) is 0.412. The molecule has 1 fully saturated rings. The number of ether oxygens (including phenoxy) is 1. The molecule has 3 rings (SSSR count). The smallest absolute Gasteiger partial charge is 0.214 e. The lowest BCUT2D eigenvalue weighted by molar-refractivity contribution is 0.221. The Hall–Kier alpha value is -2.68. The Balaban J connectivity index is 1.59. The number of nitrogens with zero attached hydrogens (tertiary/aromatic N) is 5. The van der Waals surface area contributed by atoms with E-state index in [1.54, 1.807) is 24.5 Å². The summed E-state index contributed by atoms with van der Waals surface area (Å²) in [6.07, 6.45) is 5.64. The molecule has 1 aliphatic rings. The summed E-state index contributed by atoms with van der Waals surface area (Å²) in [5.41, 5.74) is 0.566. The maximum atomic E-state index is 8.91. The van der Waals surface area contributed by atoms with Crippen LogP contribution in [-0.4, -0.2) is 34.6 Å². The fourth-order valence-electron chi connectivity index (χ4n) is 2.79. The second-order valence-electron chi connectivity index (χ2n) is 5.72. The zero-order valence-electron chi connectivity index (χ0n) is 13.1. The van der Waals surface area contributed by atoms with Gasteiger partial charge in [0, 0.05) is 37.5 Å². The van der Waals surface area contributed by atoms with Crippen molar-refractivity contribution in [2.75, 3.05) is 24.6 Å². The third-order valence-electron chi connectivity index (χ3n) is 3.94. The van der Waals surface area contributed by atoms with E-state index in [0.29, 0.717) is 24.0 Å². The minimum atomic E-state index is 0.423. The predicted octanol–water partition coefficient (Wildman–Crippen LogP) is 2.35. The Morgan fingerprint density at radius 1 is 1.35 bits per heavy atom. The van der Waals surface area contributed by atoms with Gasteiger partial charge in [-0.15, -0.1) is 0 Å². The van der Waals surface area contributed by atoms with E-state index in [1.165, 1.54) is 0 Å². The molecule has 0 bridgehead atoms. The van der Waals surface area contributed by atoms with Crippen LogP contribution in [0.4, 0.5) is 5.82 Å². The maximum absolute atomic E-state index is 8.91. The average Bonchev–Trinajstić information content (AvgIpc) is 2.60. The number of piperidine rings is 1. The molecule has 23 heavy (non-hydrogen) atoms. The van der Waals surface area contributed by atoms with E-state index in [4.69, 9.17) is 10.00 Å². The lowest BCUT2D eigenvalue weighted by atomic mass is 9.99. The molecule has 0 amide bonds. The Morgan fingerprint density at radius 3 is 3.04 bits per heavy atom. The minimum absolute atomic E-state index is 0.423. The van der Waals surface area contributed by atoms with Crippen LogP contribution in [-0.2, 0) is 0 Å². The van der Waals surface area contributed by atoms with Gasteiger partial charge in [0.05, 0.1) is 18.2 Å². The lowest BCUT2D eigenvalue weighted by Crippen LogP contribution is -2.38. The average molecular weight is 309 g/mol. The number of nitriles is 1. The van der Waals surface area contributed by atoms with Crippen LogP contribution in [0.2, 0.25) is 0 Å². The molecule has 2 aromatic rings. The van der Waals surface area contributed by atoms with Crippen LogP contribution >= 0.6 is 0 Å². The molecule has 3 heterocycles. The van der Waals surface area contributed by atoms with E-state index < -0.39 is 0 Å². The monoisotopic (exact) mass is 309 g/mol. The summed E-state index contributed by atoms with van der Waals surface area (Å²) in [4.78, 5) is 15.1. The fourth-order valence-corrected chi connectivity index (χ4v) is 2.79. The molecule has 0 aliphatic carbocycles. The van der Waals surface area contributed by atoms with E-state index in [2.05, 4.69) is 25.9 Å². The van der Waals surface area contributed by atoms with Crippen molar-refractivity contribution >= 4 is 5.82 Å². The highest BCUT2D eigenvalue weighted by atomic mass is 16.5. The number of hydrogen-bond acceptors (Lipinski definition) is 6. The maximum Gasteiger partial charge on any atom is 0.214 e. The summed E-state index contributed by atoms with van der Waals surface area (Å²) in [5.74, 6) is 2.70. The topological polar surface area (TPSA) is 74.9 Å². The van der Waals surface area contributed by atoms with Crippen molar-refractivity contribution in [3.8, 4) is 11.9 Å². The van der Waals surface area contributed by atoms with E-state index in [-0.39, 0.29) is 0 Å². The molecule has 0 saturated carbocycles. The van der Waals surface area contributed by atoms with E-state index >= 15 is 0 Å². The van der Waals surface area contributed by atoms with Gasteiger partial charge in [0.15, 0.2) is 0 Å². The molecule has 1 saturated heterocycles.